The van der Waals surface area contributed by atoms with Gasteiger partial charge in [0, 0.05) is 37.6 Å². The van der Waals surface area contributed by atoms with Crippen LogP contribution in [0, 0.1) is 12.7 Å². The van der Waals surface area contributed by atoms with Crippen molar-refractivity contribution in [2.45, 2.75) is 18.4 Å². The lowest BCUT2D eigenvalue weighted by Gasteiger charge is -2.26. The molecule has 3 aromatic rings. The molecule has 0 aliphatic carbocycles. The molecule has 0 bridgehead atoms. The number of halogens is 1. The summed E-state index contributed by atoms with van der Waals surface area (Å²) in [5.74, 6) is -0.870. The van der Waals surface area contributed by atoms with Crippen molar-refractivity contribution in [3.63, 3.8) is 0 Å². The number of aromatic nitrogens is 2. The van der Waals surface area contributed by atoms with Gasteiger partial charge in [0.2, 0.25) is 10.0 Å². The van der Waals surface area contributed by atoms with Crippen molar-refractivity contribution in [2.24, 2.45) is 0 Å². The first kappa shape index (κ1) is 22.1. The summed E-state index contributed by atoms with van der Waals surface area (Å²) in [6.07, 6.45) is 4.70. The molecule has 0 spiro atoms. The number of ether oxygens (including phenoxy) is 1. The molecular weight excluding hydrogens is 435 g/mol. The summed E-state index contributed by atoms with van der Waals surface area (Å²) in [5.41, 5.74) is 1.84. The monoisotopic (exact) mass is 458 g/mol. The number of carbonyl (C=O) groups is 1. The lowest BCUT2D eigenvalue weighted by atomic mass is 10.1. The lowest BCUT2D eigenvalue weighted by molar-refractivity contribution is 0.0730. The Hall–Kier alpha value is -3.08. The van der Waals surface area contributed by atoms with E-state index in [0.29, 0.717) is 30.0 Å². The molecule has 1 saturated heterocycles. The highest BCUT2D eigenvalue weighted by Crippen LogP contribution is 2.21. The summed E-state index contributed by atoms with van der Waals surface area (Å²) in [4.78, 5) is 16.8. The number of carbonyl (C=O) groups excluding carboxylic acids is 1. The summed E-state index contributed by atoms with van der Waals surface area (Å²) in [5, 5.41) is 2.74. The smallest absolute Gasteiger partial charge is 0.251 e. The lowest BCUT2D eigenvalue weighted by Crippen LogP contribution is -2.40. The van der Waals surface area contributed by atoms with E-state index in [1.54, 1.807) is 42.1 Å². The number of sulfonamides is 1. The van der Waals surface area contributed by atoms with Gasteiger partial charge in [-0.2, -0.15) is 4.31 Å². The van der Waals surface area contributed by atoms with E-state index >= 15 is 0 Å². The molecule has 10 heteroatoms. The van der Waals surface area contributed by atoms with Gasteiger partial charge in [-0.25, -0.2) is 17.8 Å². The van der Waals surface area contributed by atoms with Crippen LogP contribution in [0.3, 0.4) is 0 Å². The van der Waals surface area contributed by atoms with E-state index in [9.17, 15) is 17.6 Å². The van der Waals surface area contributed by atoms with Crippen LogP contribution in [0.4, 0.5) is 4.39 Å². The number of hydrogen-bond acceptors (Lipinski definition) is 5. The summed E-state index contributed by atoms with van der Waals surface area (Å²) in [7, 11) is -3.72. The van der Waals surface area contributed by atoms with Crippen LogP contribution in [-0.2, 0) is 21.3 Å². The Morgan fingerprint density at radius 2 is 1.97 bits per heavy atom. The van der Waals surface area contributed by atoms with Crippen molar-refractivity contribution in [3.8, 4) is 5.69 Å². The summed E-state index contributed by atoms with van der Waals surface area (Å²) < 4.78 is 48.4. The quantitative estimate of drug-likeness (QED) is 0.612. The van der Waals surface area contributed by atoms with E-state index in [1.807, 2.05) is 0 Å². The zero-order valence-electron chi connectivity index (χ0n) is 17.5. The fraction of sp³-hybridized carbons (Fsp3) is 0.273. The zero-order valence-corrected chi connectivity index (χ0v) is 18.3. The van der Waals surface area contributed by atoms with Crippen LogP contribution in [0.1, 0.15) is 21.5 Å². The number of rotatable bonds is 6. The highest BCUT2D eigenvalue weighted by Gasteiger charge is 2.27. The molecular formula is C22H23FN4O4S. The third kappa shape index (κ3) is 4.57. The van der Waals surface area contributed by atoms with Gasteiger partial charge in [0.05, 0.1) is 30.1 Å². The average molecular weight is 459 g/mol. The van der Waals surface area contributed by atoms with Crippen molar-refractivity contribution in [3.05, 3.63) is 77.6 Å². The second-order valence-electron chi connectivity index (χ2n) is 7.43. The number of morpholine rings is 1. The highest BCUT2D eigenvalue weighted by atomic mass is 32.2. The number of imidazole rings is 1. The third-order valence-corrected chi connectivity index (χ3v) is 7.20. The normalized spacial score (nSPS) is 14.9. The van der Waals surface area contributed by atoms with E-state index in [1.165, 1.54) is 28.8 Å². The Morgan fingerprint density at radius 1 is 1.19 bits per heavy atom. The molecule has 1 aromatic heterocycles. The molecule has 168 valence electrons. The average Bonchev–Trinajstić information content (AvgIpc) is 3.33. The maximum atomic E-state index is 14.4. The number of nitrogens with one attached hydrogen (secondary N) is 1. The molecule has 2 aromatic carbocycles. The summed E-state index contributed by atoms with van der Waals surface area (Å²) in [6, 6.07) is 9.17. The van der Waals surface area contributed by atoms with Crippen LogP contribution in [-0.4, -0.2) is 54.5 Å². The maximum Gasteiger partial charge on any atom is 0.251 e. The number of nitrogens with zero attached hydrogens (tertiary/aromatic N) is 3. The van der Waals surface area contributed by atoms with Gasteiger partial charge >= 0.3 is 0 Å². The molecule has 32 heavy (non-hydrogen) atoms. The Labute approximate surface area is 185 Å². The van der Waals surface area contributed by atoms with Gasteiger partial charge in [-0.1, -0.05) is 12.1 Å². The van der Waals surface area contributed by atoms with Crippen molar-refractivity contribution in [1.82, 2.24) is 19.2 Å². The number of aryl methyl sites for hydroxylation is 1. The van der Waals surface area contributed by atoms with Gasteiger partial charge in [-0.3, -0.25) is 4.79 Å². The van der Waals surface area contributed by atoms with E-state index in [2.05, 4.69) is 10.3 Å². The van der Waals surface area contributed by atoms with Gasteiger partial charge in [0.25, 0.3) is 5.91 Å². The summed E-state index contributed by atoms with van der Waals surface area (Å²) in [6.45, 7) is 3.07. The fourth-order valence-electron chi connectivity index (χ4n) is 3.49. The molecule has 0 atom stereocenters. The molecule has 1 amide bonds. The van der Waals surface area contributed by atoms with Crippen molar-refractivity contribution in [2.75, 3.05) is 26.3 Å². The number of benzene rings is 2. The predicted octanol–water partition coefficient (Wildman–Crippen LogP) is 2.27. The number of amides is 1. The highest BCUT2D eigenvalue weighted by molar-refractivity contribution is 7.89. The molecule has 1 fully saturated rings. The molecule has 0 saturated carbocycles. The second-order valence-corrected chi connectivity index (χ2v) is 9.37. The molecule has 0 unspecified atom stereocenters. The first-order valence-corrected chi connectivity index (χ1v) is 11.5. The van der Waals surface area contributed by atoms with E-state index in [-0.39, 0.29) is 30.1 Å². The van der Waals surface area contributed by atoms with Crippen LogP contribution < -0.4 is 5.32 Å². The Morgan fingerprint density at radius 3 is 2.66 bits per heavy atom. The third-order valence-electron chi connectivity index (χ3n) is 5.31. The molecule has 1 aliphatic heterocycles. The van der Waals surface area contributed by atoms with Crippen LogP contribution in [0.2, 0.25) is 0 Å². The molecule has 2 heterocycles. The Balaban J connectivity index is 1.49. The van der Waals surface area contributed by atoms with Crippen LogP contribution in [0.15, 0.2) is 60.0 Å². The molecule has 4 rings (SSSR count). The van der Waals surface area contributed by atoms with Gasteiger partial charge in [-0.05, 0) is 42.3 Å². The van der Waals surface area contributed by atoms with Gasteiger partial charge in [0.1, 0.15) is 5.82 Å². The predicted molar refractivity (Wildman–Crippen MR) is 115 cm³/mol. The van der Waals surface area contributed by atoms with Gasteiger partial charge < -0.3 is 14.6 Å². The van der Waals surface area contributed by atoms with E-state index < -0.39 is 21.7 Å². The fourth-order valence-corrected chi connectivity index (χ4v) is 4.93. The Kier molecular flexibility index (Phi) is 6.35. The van der Waals surface area contributed by atoms with Crippen molar-refractivity contribution >= 4 is 15.9 Å². The van der Waals surface area contributed by atoms with Crippen molar-refractivity contribution < 1.29 is 22.3 Å². The minimum Gasteiger partial charge on any atom is -0.379 e. The SMILES string of the molecule is Cc1ccc(S(=O)(=O)N2CCOCC2)cc1C(=O)NCc1ccc(-n2ccnc2)c(F)c1. The van der Waals surface area contributed by atoms with Crippen LogP contribution in [0.5, 0.6) is 0 Å². The topological polar surface area (TPSA) is 93.5 Å². The van der Waals surface area contributed by atoms with Crippen molar-refractivity contribution in [1.29, 1.82) is 0 Å². The number of hydrogen-bond donors (Lipinski definition) is 1. The first-order valence-electron chi connectivity index (χ1n) is 10.1. The van der Waals surface area contributed by atoms with Crippen LogP contribution in [0.25, 0.3) is 5.69 Å². The second kappa shape index (κ2) is 9.19. The minimum absolute atomic E-state index is 0.0610. The zero-order chi connectivity index (χ0) is 22.7. The van der Waals surface area contributed by atoms with Gasteiger partial charge in [0.15, 0.2) is 0 Å². The standard InChI is InChI=1S/C22H23FN4O4S/c1-16-2-4-18(32(29,30)27-8-10-31-11-9-27)13-19(16)22(28)25-14-17-3-5-21(20(23)12-17)26-7-6-24-15-26/h2-7,12-13,15H,8-11,14H2,1H3,(H,25,28). The Bertz CT molecular complexity index is 1220. The molecule has 1 N–H and O–H groups in total. The minimum atomic E-state index is -3.72. The first-order chi connectivity index (χ1) is 15.4. The summed E-state index contributed by atoms with van der Waals surface area (Å²) >= 11 is 0. The van der Waals surface area contributed by atoms with E-state index in [4.69, 9.17) is 4.74 Å². The van der Waals surface area contributed by atoms with Gasteiger partial charge in [-0.15, -0.1) is 0 Å². The van der Waals surface area contributed by atoms with Crippen LogP contribution >= 0.6 is 0 Å². The molecule has 0 radical (unpaired) electrons. The molecule has 8 nitrogen and oxygen atoms in total. The maximum absolute atomic E-state index is 14.4. The largest absolute Gasteiger partial charge is 0.379 e. The molecule has 1 aliphatic rings. The van der Waals surface area contributed by atoms with E-state index in [0.717, 1.165) is 0 Å².